The topological polar surface area (TPSA) is 29.4 Å². The maximum Gasteiger partial charge on any atom is 0.115 e. The molecule has 0 saturated heterocycles. The number of hydrogen-bond donors (Lipinski definition) is 0. The Morgan fingerprint density at radius 2 is 1.59 bits per heavy atom. The molecule has 0 amide bonds. The third-order valence-corrected chi connectivity index (χ3v) is 4.39. The van der Waals surface area contributed by atoms with Crippen LogP contribution in [0.3, 0.4) is 0 Å². The number of fused-ring (bicyclic) bond motifs is 2. The van der Waals surface area contributed by atoms with Gasteiger partial charge in [-0.25, -0.2) is 0 Å². The molecule has 0 atom stereocenters. The summed E-state index contributed by atoms with van der Waals surface area (Å²) in [5.74, 6) is 0. The van der Waals surface area contributed by atoms with E-state index in [0.717, 1.165) is 23.6 Å². The molecule has 1 aliphatic rings. The van der Waals surface area contributed by atoms with Crippen molar-refractivity contribution in [1.29, 1.82) is 0 Å². The highest BCUT2D eigenvalue weighted by Crippen LogP contribution is 2.36. The molecule has 0 radical (unpaired) electrons. The number of nitroso groups, excluding NO2 is 1. The maximum atomic E-state index is 11.0. The highest BCUT2D eigenvalue weighted by Gasteiger charge is 2.14. The van der Waals surface area contributed by atoms with E-state index in [1.54, 1.807) is 6.07 Å². The zero-order valence-electron chi connectivity index (χ0n) is 12.1. The average molecular weight is 285 g/mol. The molecule has 0 bridgehead atoms. The molecule has 2 heteroatoms. The predicted octanol–water partition coefficient (Wildman–Crippen LogP) is 5.72. The SMILES string of the molecule is O=Nc1cccc2c(C3=Cc4ccccc4CC3)cccc12. The molecule has 106 valence electrons. The van der Waals surface area contributed by atoms with E-state index < -0.39 is 0 Å². The van der Waals surface area contributed by atoms with E-state index in [4.69, 9.17) is 0 Å². The molecule has 0 unspecified atom stereocenters. The Hall–Kier alpha value is -2.74. The van der Waals surface area contributed by atoms with E-state index in [1.807, 2.05) is 18.2 Å². The summed E-state index contributed by atoms with van der Waals surface area (Å²) in [6, 6.07) is 20.4. The van der Waals surface area contributed by atoms with Gasteiger partial charge in [0.15, 0.2) is 0 Å². The summed E-state index contributed by atoms with van der Waals surface area (Å²) in [6.07, 6.45) is 4.35. The molecular formula is C20H15NO. The number of aryl methyl sites for hydroxylation is 1. The normalized spacial score (nSPS) is 13.5. The van der Waals surface area contributed by atoms with Crippen molar-refractivity contribution >= 4 is 28.1 Å². The van der Waals surface area contributed by atoms with Crippen LogP contribution in [-0.4, -0.2) is 0 Å². The first-order valence-corrected chi connectivity index (χ1v) is 7.51. The van der Waals surface area contributed by atoms with Gasteiger partial charge in [-0.05, 0) is 51.7 Å². The summed E-state index contributed by atoms with van der Waals surface area (Å²) in [4.78, 5) is 11.0. The standard InChI is InChI=1S/C20H15NO/c22-21-20-10-4-8-18-17(7-3-9-19(18)20)16-12-11-14-5-1-2-6-15(14)13-16/h1-10,13H,11-12H2. The lowest BCUT2D eigenvalue weighted by molar-refractivity contribution is 1.00. The van der Waals surface area contributed by atoms with Crippen LogP contribution in [0.4, 0.5) is 5.69 Å². The van der Waals surface area contributed by atoms with Crippen molar-refractivity contribution in [2.75, 3.05) is 0 Å². The van der Waals surface area contributed by atoms with Crippen LogP contribution in [0.5, 0.6) is 0 Å². The van der Waals surface area contributed by atoms with Crippen LogP contribution < -0.4 is 0 Å². The van der Waals surface area contributed by atoms with Gasteiger partial charge in [-0.15, -0.1) is 4.91 Å². The van der Waals surface area contributed by atoms with E-state index in [2.05, 4.69) is 47.7 Å². The first-order chi connectivity index (χ1) is 10.9. The fraction of sp³-hybridized carbons (Fsp3) is 0.100. The van der Waals surface area contributed by atoms with Crippen molar-refractivity contribution in [3.63, 3.8) is 0 Å². The van der Waals surface area contributed by atoms with E-state index in [-0.39, 0.29) is 0 Å². The molecule has 0 aliphatic heterocycles. The van der Waals surface area contributed by atoms with Gasteiger partial charge < -0.3 is 0 Å². The van der Waals surface area contributed by atoms with Gasteiger partial charge in [0.2, 0.25) is 0 Å². The molecule has 1 aliphatic carbocycles. The molecule has 0 fully saturated rings. The Bertz CT molecular complexity index is 908. The molecule has 0 N–H and O–H groups in total. The predicted molar refractivity (Wildman–Crippen MR) is 92.0 cm³/mol. The highest BCUT2D eigenvalue weighted by atomic mass is 16.3. The van der Waals surface area contributed by atoms with Crippen LogP contribution in [0.25, 0.3) is 22.4 Å². The van der Waals surface area contributed by atoms with Gasteiger partial charge in [0, 0.05) is 5.39 Å². The molecule has 22 heavy (non-hydrogen) atoms. The monoisotopic (exact) mass is 285 g/mol. The quantitative estimate of drug-likeness (QED) is 0.553. The van der Waals surface area contributed by atoms with Gasteiger partial charge >= 0.3 is 0 Å². The maximum absolute atomic E-state index is 11.0. The molecule has 2 nitrogen and oxygen atoms in total. The second-order valence-corrected chi connectivity index (χ2v) is 5.64. The van der Waals surface area contributed by atoms with Crippen molar-refractivity contribution in [3.05, 3.63) is 82.3 Å². The molecular weight excluding hydrogens is 270 g/mol. The van der Waals surface area contributed by atoms with Gasteiger partial charge in [-0.3, -0.25) is 0 Å². The molecule has 4 rings (SSSR count). The van der Waals surface area contributed by atoms with Gasteiger partial charge in [0.25, 0.3) is 0 Å². The fourth-order valence-electron chi connectivity index (χ4n) is 3.30. The minimum Gasteiger partial charge on any atom is -0.145 e. The largest absolute Gasteiger partial charge is 0.145 e. The number of benzene rings is 3. The third kappa shape index (κ3) is 2.04. The Labute approximate surface area is 129 Å². The fourth-order valence-corrected chi connectivity index (χ4v) is 3.30. The number of nitrogens with zero attached hydrogens (tertiary/aromatic N) is 1. The van der Waals surface area contributed by atoms with Crippen molar-refractivity contribution in [2.24, 2.45) is 5.18 Å². The smallest absolute Gasteiger partial charge is 0.115 e. The summed E-state index contributed by atoms with van der Waals surface area (Å²) in [6.45, 7) is 0. The highest BCUT2D eigenvalue weighted by molar-refractivity contribution is 6.02. The zero-order chi connectivity index (χ0) is 14.9. The minimum absolute atomic E-state index is 0.510. The summed E-state index contributed by atoms with van der Waals surface area (Å²) < 4.78 is 0. The lowest BCUT2D eigenvalue weighted by atomic mass is 9.87. The van der Waals surface area contributed by atoms with E-state index in [9.17, 15) is 4.91 Å². The van der Waals surface area contributed by atoms with Crippen molar-refractivity contribution in [1.82, 2.24) is 0 Å². The van der Waals surface area contributed by atoms with Crippen molar-refractivity contribution in [3.8, 4) is 0 Å². The van der Waals surface area contributed by atoms with Crippen LogP contribution in [0.15, 0.2) is 65.8 Å². The first kappa shape index (κ1) is 13.0. The Balaban J connectivity index is 1.93. The van der Waals surface area contributed by atoms with Crippen molar-refractivity contribution in [2.45, 2.75) is 12.8 Å². The molecule has 0 saturated carbocycles. The Morgan fingerprint density at radius 3 is 2.50 bits per heavy atom. The lowest BCUT2D eigenvalue weighted by Gasteiger charge is -2.18. The summed E-state index contributed by atoms with van der Waals surface area (Å²) in [7, 11) is 0. The molecule has 0 heterocycles. The van der Waals surface area contributed by atoms with E-state index in [0.29, 0.717) is 5.69 Å². The number of hydrogen-bond acceptors (Lipinski definition) is 2. The summed E-state index contributed by atoms with van der Waals surface area (Å²) in [5.41, 5.74) is 5.74. The van der Waals surface area contributed by atoms with Crippen LogP contribution in [0.2, 0.25) is 0 Å². The Morgan fingerprint density at radius 1 is 0.773 bits per heavy atom. The van der Waals surface area contributed by atoms with Gasteiger partial charge in [-0.1, -0.05) is 60.7 Å². The number of rotatable bonds is 2. The van der Waals surface area contributed by atoms with Gasteiger partial charge in [-0.2, -0.15) is 0 Å². The zero-order valence-corrected chi connectivity index (χ0v) is 12.1. The first-order valence-electron chi connectivity index (χ1n) is 7.51. The molecule has 3 aromatic rings. The molecule has 0 spiro atoms. The van der Waals surface area contributed by atoms with Crippen LogP contribution in [-0.2, 0) is 6.42 Å². The second-order valence-electron chi connectivity index (χ2n) is 5.64. The van der Waals surface area contributed by atoms with Gasteiger partial charge in [0.05, 0.1) is 0 Å². The van der Waals surface area contributed by atoms with E-state index >= 15 is 0 Å². The summed E-state index contributed by atoms with van der Waals surface area (Å²) in [5, 5.41) is 5.18. The molecule has 0 aromatic heterocycles. The van der Waals surface area contributed by atoms with Gasteiger partial charge in [0.1, 0.15) is 5.69 Å². The van der Waals surface area contributed by atoms with Crippen LogP contribution in [0, 0.1) is 4.91 Å². The van der Waals surface area contributed by atoms with E-state index in [1.165, 1.54) is 22.3 Å². The minimum atomic E-state index is 0.510. The number of allylic oxidation sites excluding steroid dienone is 1. The second kappa shape index (κ2) is 5.23. The molecule has 3 aromatic carbocycles. The third-order valence-electron chi connectivity index (χ3n) is 4.39. The van der Waals surface area contributed by atoms with Crippen LogP contribution >= 0.6 is 0 Å². The van der Waals surface area contributed by atoms with Crippen LogP contribution in [0.1, 0.15) is 23.1 Å². The summed E-state index contributed by atoms with van der Waals surface area (Å²) >= 11 is 0. The average Bonchev–Trinajstić information content (AvgIpc) is 2.60. The Kier molecular flexibility index (Phi) is 3.08. The lowest BCUT2D eigenvalue weighted by Crippen LogP contribution is -1.99. The van der Waals surface area contributed by atoms with Crippen molar-refractivity contribution < 1.29 is 0 Å².